The topological polar surface area (TPSA) is 49.9 Å². The first-order chi connectivity index (χ1) is 9.08. The monoisotopic (exact) mass is 270 g/mol. The molecule has 0 aromatic heterocycles. The summed E-state index contributed by atoms with van der Waals surface area (Å²) in [5.41, 5.74) is 0. The second-order valence-electron chi connectivity index (χ2n) is 5.14. The molecule has 5 heteroatoms. The third-order valence-corrected chi connectivity index (χ3v) is 3.81. The summed E-state index contributed by atoms with van der Waals surface area (Å²) in [4.78, 5) is 27.4. The second-order valence-corrected chi connectivity index (χ2v) is 5.14. The number of methoxy groups -OCH3 is 1. The van der Waals surface area contributed by atoms with E-state index in [2.05, 4.69) is 18.7 Å². The predicted molar refractivity (Wildman–Crippen MR) is 74.0 cm³/mol. The van der Waals surface area contributed by atoms with Gasteiger partial charge in [-0.25, -0.2) is 0 Å². The van der Waals surface area contributed by atoms with Crippen molar-refractivity contribution < 1.29 is 14.3 Å². The molecule has 110 valence electrons. The molecule has 1 amide bonds. The molecular weight excluding hydrogens is 244 g/mol. The zero-order valence-corrected chi connectivity index (χ0v) is 12.4. The zero-order chi connectivity index (χ0) is 14.3. The molecule has 1 heterocycles. The van der Waals surface area contributed by atoms with Crippen LogP contribution in [-0.4, -0.2) is 67.4 Å². The second kappa shape index (κ2) is 8.27. The number of piperidine rings is 1. The van der Waals surface area contributed by atoms with Crippen molar-refractivity contribution in [2.45, 2.75) is 39.2 Å². The zero-order valence-electron chi connectivity index (χ0n) is 12.4. The third kappa shape index (κ3) is 5.28. The highest BCUT2D eigenvalue weighted by atomic mass is 16.5. The Balaban J connectivity index is 2.47. The summed E-state index contributed by atoms with van der Waals surface area (Å²) in [7, 11) is 1.67. The fraction of sp³-hybridized carbons (Fsp3) is 0.857. The molecule has 0 aliphatic carbocycles. The van der Waals surface area contributed by atoms with Crippen molar-refractivity contribution >= 4 is 11.7 Å². The van der Waals surface area contributed by atoms with Crippen LogP contribution in [0.15, 0.2) is 0 Å². The average molecular weight is 270 g/mol. The molecule has 1 atom stereocenters. The van der Waals surface area contributed by atoms with Crippen LogP contribution >= 0.6 is 0 Å². The van der Waals surface area contributed by atoms with E-state index in [9.17, 15) is 9.59 Å². The Hall–Kier alpha value is -0.940. The summed E-state index contributed by atoms with van der Waals surface area (Å²) in [5.74, 6) is 0.395. The molecule has 0 bridgehead atoms. The molecule has 0 radical (unpaired) electrons. The number of Topliss-reactive ketones (excluding diaryl/α,β-unsaturated/α-hetero) is 1. The van der Waals surface area contributed by atoms with Gasteiger partial charge in [0.2, 0.25) is 5.91 Å². The molecule has 1 saturated heterocycles. The van der Waals surface area contributed by atoms with E-state index in [0.29, 0.717) is 45.1 Å². The van der Waals surface area contributed by atoms with Crippen molar-refractivity contribution in [2.24, 2.45) is 0 Å². The summed E-state index contributed by atoms with van der Waals surface area (Å²) >= 11 is 0. The van der Waals surface area contributed by atoms with Gasteiger partial charge >= 0.3 is 0 Å². The van der Waals surface area contributed by atoms with Gasteiger partial charge in [0, 0.05) is 45.6 Å². The van der Waals surface area contributed by atoms with Gasteiger partial charge in [0.25, 0.3) is 0 Å². The van der Waals surface area contributed by atoms with E-state index < -0.39 is 0 Å². The minimum Gasteiger partial charge on any atom is -0.383 e. The van der Waals surface area contributed by atoms with E-state index in [-0.39, 0.29) is 11.7 Å². The summed E-state index contributed by atoms with van der Waals surface area (Å²) in [6, 6.07) is 0.366. The van der Waals surface area contributed by atoms with E-state index in [0.717, 1.165) is 13.0 Å². The molecule has 0 aromatic rings. The Morgan fingerprint density at radius 2 is 2.05 bits per heavy atom. The maximum atomic E-state index is 12.2. The van der Waals surface area contributed by atoms with E-state index in [1.807, 2.05) is 4.90 Å². The summed E-state index contributed by atoms with van der Waals surface area (Å²) in [6.07, 6.45) is 2.02. The van der Waals surface area contributed by atoms with Crippen molar-refractivity contribution in [2.75, 3.05) is 39.9 Å². The molecule has 1 unspecified atom stereocenters. The van der Waals surface area contributed by atoms with Gasteiger partial charge in [0.05, 0.1) is 13.2 Å². The lowest BCUT2D eigenvalue weighted by molar-refractivity contribution is -0.136. The summed E-state index contributed by atoms with van der Waals surface area (Å²) in [5, 5.41) is 0. The number of amides is 1. The van der Waals surface area contributed by atoms with Gasteiger partial charge in [-0.15, -0.1) is 0 Å². The SMILES string of the molecule is CCC(C)N(CCOC)CC(=O)N1CCC(=O)CC1. The minimum absolute atomic E-state index is 0.129. The molecule has 1 rings (SSSR count). The predicted octanol–water partition coefficient (Wildman–Crippen LogP) is 0.925. The third-order valence-electron chi connectivity index (χ3n) is 3.81. The average Bonchev–Trinajstić information content (AvgIpc) is 2.43. The Morgan fingerprint density at radius 3 is 2.58 bits per heavy atom. The molecule has 0 N–H and O–H groups in total. The molecule has 0 aromatic carbocycles. The van der Waals surface area contributed by atoms with Gasteiger partial charge in [-0.3, -0.25) is 14.5 Å². The van der Waals surface area contributed by atoms with Crippen LogP contribution in [0.4, 0.5) is 0 Å². The lowest BCUT2D eigenvalue weighted by Crippen LogP contribution is -2.47. The highest BCUT2D eigenvalue weighted by Gasteiger charge is 2.23. The highest BCUT2D eigenvalue weighted by Crippen LogP contribution is 2.09. The van der Waals surface area contributed by atoms with E-state index in [1.54, 1.807) is 7.11 Å². The largest absolute Gasteiger partial charge is 0.383 e. The van der Waals surface area contributed by atoms with Crippen LogP contribution in [0.5, 0.6) is 0 Å². The van der Waals surface area contributed by atoms with Gasteiger partial charge in [0.1, 0.15) is 5.78 Å². The normalized spacial score (nSPS) is 17.9. The maximum absolute atomic E-state index is 12.2. The number of ketones is 1. The first-order valence-electron chi connectivity index (χ1n) is 7.11. The van der Waals surface area contributed by atoms with Crippen LogP contribution < -0.4 is 0 Å². The summed E-state index contributed by atoms with van der Waals surface area (Å²) in [6.45, 7) is 7.23. The quantitative estimate of drug-likeness (QED) is 0.690. The van der Waals surface area contributed by atoms with Crippen LogP contribution in [0.25, 0.3) is 0 Å². The van der Waals surface area contributed by atoms with Crippen LogP contribution in [0.2, 0.25) is 0 Å². The van der Waals surface area contributed by atoms with Gasteiger partial charge in [-0.05, 0) is 13.3 Å². The number of carbonyl (C=O) groups excluding carboxylic acids is 2. The lowest BCUT2D eigenvalue weighted by atomic mass is 10.1. The van der Waals surface area contributed by atoms with E-state index in [4.69, 9.17) is 4.74 Å². The molecule has 1 fully saturated rings. The molecule has 19 heavy (non-hydrogen) atoms. The van der Waals surface area contributed by atoms with Crippen molar-refractivity contribution in [3.05, 3.63) is 0 Å². The van der Waals surface area contributed by atoms with Gasteiger partial charge in [-0.2, -0.15) is 0 Å². The number of likely N-dealkylation sites (tertiary alicyclic amines) is 1. The van der Waals surface area contributed by atoms with E-state index >= 15 is 0 Å². The standard InChI is InChI=1S/C14H26N2O3/c1-4-12(2)16(9-10-19-3)11-14(18)15-7-5-13(17)6-8-15/h12H,4-11H2,1-3H3. The van der Waals surface area contributed by atoms with Crippen molar-refractivity contribution in [1.29, 1.82) is 0 Å². The number of carbonyl (C=O) groups is 2. The molecule has 0 spiro atoms. The number of rotatable bonds is 7. The van der Waals surface area contributed by atoms with Gasteiger partial charge in [0.15, 0.2) is 0 Å². The maximum Gasteiger partial charge on any atom is 0.236 e. The van der Waals surface area contributed by atoms with E-state index in [1.165, 1.54) is 0 Å². The van der Waals surface area contributed by atoms with Crippen LogP contribution in [0, 0.1) is 0 Å². The first kappa shape index (κ1) is 16.1. The number of ether oxygens (including phenoxy) is 1. The van der Waals surface area contributed by atoms with Gasteiger partial charge < -0.3 is 9.64 Å². The lowest BCUT2D eigenvalue weighted by Gasteiger charge is -2.32. The van der Waals surface area contributed by atoms with Crippen molar-refractivity contribution in [3.8, 4) is 0 Å². The number of hydrogen-bond acceptors (Lipinski definition) is 4. The molecule has 1 aliphatic heterocycles. The fourth-order valence-corrected chi connectivity index (χ4v) is 2.20. The Bertz CT molecular complexity index is 297. The Labute approximate surface area is 115 Å². The molecule has 1 aliphatic rings. The van der Waals surface area contributed by atoms with Crippen LogP contribution in [0.3, 0.4) is 0 Å². The highest BCUT2D eigenvalue weighted by molar-refractivity contribution is 5.84. The first-order valence-corrected chi connectivity index (χ1v) is 7.11. The Kier molecular flexibility index (Phi) is 7.02. The molecule has 0 saturated carbocycles. The smallest absolute Gasteiger partial charge is 0.236 e. The van der Waals surface area contributed by atoms with Crippen LogP contribution in [-0.2, 0) is 14.3 Å². The Morgan fingerprint density at radius 1 is 1.42 bits per heavy atom. The number of nitrogens with zero attached hydrogens (tertiary/aromatic N) is 2. The fourth-order valence-electron chi connectivity index (χ4n) is 2.20. The van der Waals surface area contributed by atoms with Crippen molar-refractivity contribution in [3.63, 3.8) is 0 Å². The minimum atomic E-state index is 0.129. The van der Waals surface area contributed by atoms with Crippen LogP contribution in [0.1, 0.15) is 33.1 Å². The summed E-state index contributed by atoms with van der Waals surface area (Å²) < 4.78 is 5.10. The number of hydrogen-bond donors (Lipinski definition) is 0. The molecular formula is C14H26N2O3. The van der Waals surface area contributed by atoms with Crippen molar-refractivity contribution in [1.82, 2.24) is 9.80 Å². The van der Waals surface area contributed by atoms with Gasteiger partial charge in [-0.1, -0.05) is 6.92 Å². The molecule has 5 nitrogen and oxygen atoms in total.